The second-order valence-corrected chi connectivity index (χ2v) is 6.37. The molecule has 0 radical (unpaired) electrons. The fraction of sp³-hybridized carbons (Fsp3) is 0.263. The van der Waals surface area contributed by atoms with Gasteiger partial charge in [-0.05, 0) is 68.8 Å². The van der Waals surface area contributed by atoms with E-state index in [0.717, 1.165) is 10.0 Å². The van der Waals surface area contributed by atoms with Crippen molar-refractivity contribution in [3.63, 3.8) is 0 Å². The van der Waals surface area contributed by atoms with Gasteiger partial charge in [-0.25, -0.2) is 4.79 Å². The molecule has 1 atom stereocenters. The monoisotopic (exact) mass is 405 g/mol. The van der Waals surface area contributed by atoms with Gasteiger partial charge in [-0.1, -0.05) is 15.9 Å². The van der Waals surface area contributed by atoms with E-state index in [2.05, 4.69) is 21.2 Å². The summed E-state index contributed by atoms with van der Waals surface area (Å²) in [6.07, 6.45) is -0.662. The van der Waals surface area contributed by atoms with Crippen LogP contribution in [0.15, 0.2) is 46.9 Å². The lowest BCUT2D eigenvalue weighted by Crippen LogP contribution is -2.30. The second kappa shape index (κ2) is 8.67. The number of anilines is 1. The number of carbonyl (C=O) groups excluding carboxylic acids is 2. The first-order valence-corrected chi connectivity index (χ1v) is 8.71. The summed E-state index contributed by atoms with van der Waals surface area (Å²) in [6, 6.07) is 12.3. The number of hydrogen-bond acceptors (Lipinski definition) is 4. The molecule has 6 heteroatoms. The summed E-state index contributed by atoms with van der Waals surface area (Å²) in [4.78, 5) is 24.1. The lowest BCUT2D eigenvalue weighted by atomic mass is 10.1. The number of hydrogen-bond donors (Lipinski definition) is 1. The number of amides is 1. The van der Waals surface area contributed by atoms with E-state index in [4.69, 9.17) is 9.47 Å². The Kier molecular flexibility index (Phi) is 6.58. The molecule has 0 aliphatic rings. The summed E-state index contributed by atoms with van der Waals surface area (Å²) >= 11 is 3.35. The SMILES string of the molecule is CCOC(=O)c1ccc(NC(=O)[C@@H](C)Oc2ccc(Br)cc2)c(C)c1. The number of aryl methyl sites for hydroxylation is 1. The van der Waals surface area contributed by atoms with E-state index >= 15 is 0 Å². The van der Waals surface area contributed by atoms with Gasteiger partial charge in [-0.3, -0.25) is 4.79 Å². The van der Waals surface area contributed by atoms with E-state index in [1.165, 1.54) is 0 Å². The Balaban J connectivity index is 2.01. The van der Waals surface area contributed by atoms with Gasteiger partial charge >= 0.3 is 5.97 Å². The number of ether oxygens (including phenoxy) is 2. The van der Waals surface area contributed by atoms with Crippen molar-refractivity contribution in [2.24, 2.45) is 0 Å². The minimum Gasteiger partial charge on any atom is -0.481 e. The molecule has 0 aliphatic carbocycles. The molecule has 0 saturated heterocycles. The Labute approximate surface area is 155 Å². The van der Waals surface area contributed by atoms with Crippen LogP contribution in [0.1, 0.15) is 29.8 Å². The van der Waals surface area contributed by atoms with Gasteiger partial charge in [-0.2, -0.15) is 0 Å². The van der Waals surface area contributed by atoms with Crippen LogP contribution < -0.4 is 10.1 Å². The highest BCUT2D eigenvalue weighted by Crippen LogP contribution is 2.20. The number of nitrogens with one attached hydrogen (secondary N) is 1. The van der Waals surface area contributed by atoms with Crippen molar-refractivity contribution in [2.45, 2.75) is 26.9 Å². The topological polar surface area (TPSA) is 64.6 Å². The molecule has 2 aromatic carbocycles. The van der Waals surface area contributed by atoms with Crippen LogP contribution in [0, 0.1) is 6.92 Å². The lowest BCUT2D eigenvalue weighted by Gasteiger charge is -2.16. The first kappa shape index (κ1) is 19.0. The standard InChI is InChI=1S/C19H20BrNO4/c1-4-24-19(23)14-5-10-17(12(2)11-14)21-18(22)13(3)25-16-8-6-15(20)7-9-16/h5-11,13H,4H2,1-3H3,(H,21,22)/t13-/m1/s1. The Morgan fingerprint density at radius 1 is 1.16 bits per heavy atom. The van der Waals surface area contributed by atoms with E-state index < -0.39 is 6.10 Å². The summed E-state index contributed by atoms with van der Waals surface area (Å²) in [5.41, 5.74) is 1.86. The summed E-state index contributed by atoms with van der Waals surface area (Å²) in [5.74, 6) is -0.0365. The van der Waals surface area contributed by atoms with Crippen molar-refractivity contribution in [3.05, 3.63) is 58.1 Å². The molecule has 0 aliphatic heterocycles. The molecule has 5 nitrogen and oxygen atoms in total. The highest BCUT2D eigenvalue weighted by Gasteiger charge is 2.16. The molecule has 2 rings (SSSR count). The number of halogens is 1. The molecule has 0 bridgehead atoms. The van der Waals surface area contributed by atoms with Gasteiger partial charge < -0.3 is 14.8 Å². The molecule has 2 aromatic rings. The molecular formula is C19H20BrNO4. The fourth-order valence-corrected chi connectivity index (χ4v) is 2.41. The minimum absolute atomic E-state index is 0.269. The fourth-order valence-electron chi connectivity index (χ4n) is 2.15. The highest BCUT2D eigenvalue weighted by molar-refractivity contribution is 9.10. The van der Waals surface area contributed by atoms with E-state index in [1.54, 1.807) is 44.2 Å². The molecule has 25 heavy (non-hydrogen) atoms. The van der Waals surface area contributed by atoms with Crippen LogP contribution in [0.4, 0.5) is 5.69 Å². The quantitative estimate of drug-likeness (QED) is 0.725. The minimum atomic E-state index is -0.662. The average molecular weight is 406 g/mol. The van der Waals surface area contributed by atoms with Crippen LogP contribution in [0.3, 0.4) is 0 Å². The van der Waals surface area contributed by atoms with Gasteiger partial charge in [0, 0.05) is 10.2 Å². The zero-order chi connectivity index (χ0) is 18.4. The Morgan fingerprint density at radius 2 is 1.84 bits per heavy atom. The van der Waals surface area contributed by atoms with Gasteiger partial charge in [0.2, 0.25) is 0 Å². The van der Waals surface area contributed by atoms with Crippen LogP contribution in [-0.2, 0) is 9.53 Å². The van der Waals surface area contributed by atoms with Crippen molar-refractivity contribution in [3.8, 4) is 5.75 Å². The number of esters is 1. The number of carbonyl (C=O) groups is 2. The van der Waals surface area contributed by atoms with Crippen LogP contribution in [0.5, 0.6) is 5.75 Å². The van der Waals surface area contributed by atoms with Gasteiger partial charge in [0.15, 0.2) is 6.10 Å². The maximum atomic E-state index is 12.3. The van der Waals surface area contributed by atoms with Crippen LogP contribution in [0.25, 0.3) is 0 Å². The molecule has 0 unspecified atom stereocenters. The molecule has 0 aromatic heterocycles. The highest BCUT2D eigenvalue weighted by atomic mass is 79.9. The Bertz CT molecular complexity index is 759. The molecule has 1 N–H and O–H groups in total. The maximum absolute atomic E-state index is 12.3. The predicted molar refractivity (Wildman–Crippen MR) is 100.0 cm³/mol. The Hall–Kier alpha value is -2.34. The zero-order valence-corrected chi connectivity index (χ0v) is 15.9. The molecule has 0 spiro atoms. The van der Waals surface area contributed by atoms with E-state index in [1.807, 2.05) is 19.1 Å². The smallest absolute Gasteiger partial charge is 0.338 e. The first-order chi connectivity index (χ1) is 11.9. The van der Waals surface area contributed by atoms with E-state index in [-0.39, 0.29) is 11.9 Å². The molecule has 1 amide bonds. The predicted octanol–water partition coefficient (Wildman–Crippen LogP) is 4.34. The second-order valence-electron chi connectivity index (χ2n) is 5.45. The van der Waals surface area contributed by atoms with Gasteiger partial charge in [0.1, 0.15) is 5.75 Å². The summed E-state index contributed by atoms with van der Waals surface area (Å²) in [6.45, 7) is 5.58. The number of benzene rings is 2. The van der Waals surface area contributed by atoms with E-state index in [0.29, 0.717) is 23.6 Å². The van der Waals surface area contributed by atoms with Crippen LogP contribution in [0.2, 0.25) is 0 Å². The third kappa shape index (κ3) is 5.32. The van der Waals surface area contributed by atoms with Crippen molar-refractivity contribution in [1.29, 1.82) is 0 Å². The number of rotatable bonds is 6. The third-order valence-corrected chi connectivity index (χ3v) is 4.02. The molecular weight excluding hydrogens is 386 g/mol. The molecule has 0 fully saturated rings. The average Bonchev–Trinajstić information content (AvgIpc) is 2.58. The normalized spacial score (nSPS) is 11.5. The largest absolute Gasteiger partial charge is 0.481 e. The molecule has 132 valence electrons. The Morgan fingerprint density at radius 3 is 2.44 bits per heavy atom. The van der Waals surface area contributed by atoms with Crippen molar-refractivity contribution >= 4 is 33.5 Å². The van der Waals surface area contributed by atoms with Crippen molar-refractivity contribution in [2.75, 3.05) is 11.9 Å². The van der Waals surface area contributed by atoms with Gasteiger partial charge in [-0.15, -0.1) is 0 Å². The van der Waals surface area contributed by atoms with Gasteiger partial charge in [0.25, 0.3) is 5.91 Å². The van der Waals surface area contributed by atoms with Crippen LogP contribution in [-0.4, -0.2) is 24.6 Å². The summed E-state index contributed by atoms with van der Waals surface area (Å²) in [7, 11) is 0. The molecule has 0 heterocycles. The maximum Gasteiger partial charge on any atom is 0.338 e. The zero-order valence-electron chi connectivity index (χ0n) is 14.3. The molecule has 0 saturated carbocycles. The summed E-state index contributed by atoms with van der Waals surface area (Å²) in [5, 5.41) is 2.81. The summed E-state index contributed by atoms with van der Waals surface area (Å²) < 4.78 is 11.5. The first-order valence-electron chi connectivity index (χ1n) is 7.91. The van der Waals surface area contributed by atoms with Crippen molar-refractivity contribution in [1.82, 2.24) is 0 Å². The lowest BCUT2D eigenvalue weighted by molar-refractivity contribution is -0.122. The van der Waals surface area contributed by atoms with Gasteiger partial charge in [0.05, 0.1) is 12.2 Å². The van der Waals surface area contributed by atoms with E-state index in [9.17, 15) is 9.59 Å². The van der Waals surface area contributed by atoms with Crippen molar-refractivity contribution < 1.29 is 19.1 Å². The third-order valence-electron chi connectivity index (χ3n) is 3.49. The van der Waals surface area contributed by atoms with Crippen LogP contribution >= 0.6 is 15.9 Å².